The Labute approximate surface area is 378 Å². The number of aliphatic hydroxyl groups is 2. The molecule has 0 aromatic rings. The van der Waals surface area contributed by atoms with E-state index in [1.54, 1.807) is 0 Å². The quantitative estimate of drug-likeness (QED) is 0.0322. The third-order valence-corrected chi connectivity index (χ3v) is 11.9. The summed E-state index contributed by atoms with van der Waals surface area (Å²) in [6.45, 7) is 6.46. The summed E-state index contributed by atoms with van der Waals surface area (Å²) in [5.41, 5.74) is 0. The molecule has 0 aromatic carbocycles. The van der Waals surface area contributed by atoms with Crippen molar-refractivity contribution in [3.05, 3.63) is 48.6 Å². The molecule has 3 N–H and O–H groups in total. The lowest BCUT2D eigenvalue weighted by atomic mass is 10.0. The lowest BCUT2D eigenvalue weighted by Gasteiger charge is -2.24. The molecule has 0 fully saturated rings. The Balaban J connectivity index is 4.68. The van der Waals surface area contributed by atoms with Crippen LogP contribution in [0.2, 0.25) is 0 Å². The van der Waals surface area contributed by atoms with Crippen LogP contribution in [0.4, 0.5) is 0 Å². The zero-order chi connectivity index (χ0) is 44.5. The maximum atomic E-state index is 13.2. The predicted octanol–water partition coefficient (Wildman–Crippen LogP) is 15.8. The van der Waals surface area contributed by atoms with Gasteiger partial charge < -0.3 is 20.3 Å². The van der Waals surface area contributed by atoms with E-state index >= 15 is 0 Å². The Bertz CT molecular complexity index is 1050. The highest BCUT2D eigenvalue weighted by Gasteiger charge is 2.24. The Hall–Kier alpha value is -2.18. The van der Waals surface area contributed by atoms with Crippen LogP contribution in [-0.4, -0.2) is 46.9 Å². The number of hydrogen-bond donors (Lipinski definition) is 3. The van der Waals surface area contributed by atoms with E-state index in [0.29, 0.717) is 19.3 Å². The molecule has 0 saturated carbocycles. The monoisotopic (exact) mass is 856 g/mol. The highest BCUT2D eigenvalue weighted by Crippen LogP contribution is 2.17. The van der Waals surface area contributed by atoms with Crippen LogP contribution in [0.3, 0.4) is 0 Å². The second-order valence-electron chi connectivity index (χ2n) is 18.0. The number of amides is 1. The van der Waals surface area contributed by atoms with E-state index in [1.165, 1.54) is 148 Å². The van der Waals surface area contributed by atoms with E-state index in [9.17, 15) is 19.8 Å². The summed E-state index contributed by atoms with van der Waals surface area (Å²) < 4.78 is 5.90. The topological polar surface area (TPSA) is 95.9 Å². The molecule has 1 amide bonds. The molecule has 6 heteroatoms. The predicted molar refractivity (Wildman–Crippen MR) is 264 cm³/mol. The molecule has 0 saturated heterocycles. The lowest BCUT2D eigenvalue weighted by molar-refractivity contribution is -0.151. The van der Waals surface area contributed by atoms with Gasteiger partial charge in [-0.05, 0) is 70.6 Å². The minimum absolute atomic E-state index is 0.0346. The van der Waals surface area contributed by atoms with Gasteiger partial charge in [-0.1, -0.05) is 230 Å². The van der Waals surface area contributed by atoms with Gasteiger partial charge in [0.1, 0.15) is 6.10 Å². The van der Waals surface area contributed by atoms with Crippen LogP contribution >= 0.6 is 0 Å². The third kappa shape index (κ3) is 44.2. The Morgan fingerprint density at radius 3 is 1.25 bits per heavy atom. The molecular formula is C55H101NO5. The summed E-state index contributed by atoms with van der Waals surface area (Å²) in [4.78, 5) is 26.1. The van der Waals surface area contributed by atoms with Crippen LogP contribution < -0.4 is 5.32 Å². The Morgan fingerprint density at radius 1 is 0.475 bits per heavy atom. The zero-order valence-electron chi connectivity index (χ0n) is 40.5. The van der Waals surface area contributed by atoms with Gasteiger partial charge in [-0.15, -0.1) is 0 Å². The van der Waals surface area contributed by atoms with Crippen molar-refractivity contribution >= 4 is 11.9 Å². The van der Waals surface area contributed by atoms with Crippen molar-refractivity contribution in [3.63, 3.8) is 0 Å². The van der Waals surface area contributed by atoms with Gasteiger partial charge in [-0.2, -0.15) is 0 Å². The first-order chi connectivity index (χ1) is 30.0. The summed E-state index contributed by atoms with van der Waals surface area (Å²) in [6, 6.07) is -0.720. The van der Waals surface area contributed by atoms with E-state index in [2.05, 4.69) is 74.7 Å². The molecule has 3 unspecified atom stereocenters. The second-order valence-corrected chi connectivity index (χ2v) is 18.0. The normalized spacial score (nSPS) is 13.6. The number of rotatable bonds is 47. The molecular weight excluding hydrogens is 755 g/mol. The van der Waals surface area contributed by atoms with Crippen molar-refractivity contribution in [3.8, 4) is 0 Å². The van der Waals surface area contributed by atoms with Crippen LogP contribution in [-0.2, 0) is 14.3 Å². The zero-order valence-corrected chi connectivity index (χ0v) is 40.5. The number of carbonyl (C=O) groups excluding carboxylic acids is 2. The van der Waals surface area contributed by atoms with Crippen LogP contribution in [0.5, 0.6) is 0 Å². The highest BCUT2D eigenvalue weighted by molar-refractivity contribution is 5.77. The summed E-state index contributed by atoms with van der Waals surface area (Å²) in [6.07, 6.45) is 58.9. The van der Waals surface area contributed by atoms with Gasteiger partial charge in [0, 0.05) is 6.42 Å². The van der Waals surface area contributed by atoms with Crippen molar-refractivity contribution in [2.24, 2.45) is 0 Å². The SMILES string of the molecule is CCCCCCCCC/C=C/C=C/CCCCCC(=O)OC(CCC/C=C/C=C/CCCCCCCCC)CC(=O)NC(CO)C(O)CCCCCCCCCCCCCC. The number of carbonyl (C=O) groups is 2. The summed E-state index contributed by atoms with van der Waals surface area (Å²) in [5, 5.41) is 23.7. The summed E-state index contributed by atoms with van der Waals surface area (Å²) in [7, 11) is 0. The standard InChI is InChI=1S/C55H101NO5/c1-4-7-10-13-16-19-22-25-27-28-30-33-36-39-42-45-48-55(60)61-51(46-43-40-37-34-31-29-26-23-20-17-14-11-8-5-2)49-54(59)56-52(50-57)53(58)47-44-41-38-35-32-24-21-18-15-12-9-6-3/h27-31,33-34,37,51-53,57-58H,4-26,32,35-36,38-50H2,1-3H3,(H,56,59)/b28-27+,31-29+,33-30+,37-34+. The van der Waals surface area contributed by atoms with Crippen molar-refractivity contribution < 1.29 is 24.5 Å². The molecule has 0 rings (SSSR count). The first kappa shape index (κ1) is 58.8. The average Bonchev–Trinajstić information content (AvgIpc) is 3.25. The van der Waals surface area contributed by atoms with Gasteiger partial charge in [0.05, 0.1) is 25.2 Å². The third-order valence-electron chi connectivity index (χ3n) is 11.9. The van der Waals surface area contributed by atoms with Crippen LogP contribution in [0.1, 0.15) is 265 Å². The van der Waals surface area contributed by atoms with Gasteiger partial charge >= 0.3 is 5.97 Å². The minimum atomic E-state index is -0.803. The average molecular weight is 856 g/mol. The van der Waals surface area contributed by atoms with E-state index in [4.69, 9.17) is 4.74 Å². The number of esters is 1. The fourth-order valence-corrected chi connectivity index (χ4v) is 7.89. The highest BCUT2D eigenvalue weighted by atomic mass is 16.5. The molecule has 6 nitrogen and oxygen atoms in total. The van der Waals surface area contributed by atoms with E-state index in [1.807, 2.05) is 0 Å². The molecule has 0 spiro atoms. The molecule has 0 aliphatic rings. The van der Waals surface area contributed by atoms with Crippen molar-refractivity contribution in [2.75, 3.05) is 6.61 Å². The molecule has 0 radical (unpaired) electrons. The van der Waals surface area contributed by atoms with Gasteiger partial charge in [0.15, 0.2) is 0 Å². The van der Waals surface area contributed by atoms with Crippen molar-refractivity contribution in [1.29, 1.82) is 0 Å². The van der Waals surface area contributed by atoms with Crippen molar-refractivity contribution in [2.45, 2.75) is 283 Å². The fourth-order valence-electron chi connectivity index (χ4n) is 7.89. The Morgan fingerprint density at radius 2 is 0.836 bits per heavy atom. The molecule has 356 valence electrons. The number of hydrogen-bond acceptors (Lipinski definition) is 5. The maximum Gasteiger partial charge on any atom is 0.306 e. The van der Waals surface area contributed by atoms with Gasteiger partial charge in [-0.25, -0.2) is 0 Å². The fraction of sp³-hybridized carbons (Fsp3) is 0.818. The second kappa shape index (κ2) is 48.8. The van der Waals surface area contributed by atoms with E-state index < -0.39 is 18.2 Å². The minimum Gasteiger partial charge on any atom is -0.462 e. The van der Waals surface area contributed by atoms with Crippen LogP contribution in [0.25, 0.3) is 0 Å². The smallest absolute Gasteiger partial charge is 0.306 e. The molecule has 0 aromatic heterocycles. The maximum absolute atomic E-state index is 13.2. The van der Waals surface area contributed by atoms with Gasteiger partial charge in [0.25, 0.3) is 0 Å². The Kier molecular flexibility index (Phi) is 47.1. The summed E-state index contributed by atoms with van der Waals surface area (Å²) >= 11 is 0. The van der Waals surface area contributed by atoms with Gasteiger partial charge in [-0.3, -0.25) is 9.59 Å². The number of nitrogens with one attached hydrogen (secondary N) is 1. The number of aliphatic hydroxyl groups excluding tert-OH is 2. The molecule has 61 heavy (non-hydrogen) atoms. The molecule has 0 bridgehead atoms. The lowest BCUT2D eigenvalue weighted by Crippen LogP contribution is -2.46. The first-order valence-electron chi connectivity index (χ1n) is 26.4. The van der Waals surface area contributed by atoms with Crippen LogP contribution in [0, 0.1) is 0 Å². The van der Waals surface area contributed by atoms with Gasteiger partial charge in [0.2, 0.25) is 5.91 Å². The van der Waals surface area contributed by atoms with Crippen LogP contribution in [0.15, 0.2) is 48.6 Å². The van der Waals surface area contributed by atoms with Crippen molar-refractivity contribution in [1.82, 2.24) is 5.32 Å². The first-order valence-corrected chi connectivity index (χ1v) is 26.4. The number of unbranched alkanes of at least 4 members (excludes halogenated alkanes) is 29. The molecule has 3 atom stereocenters. The van der Waals surface area contributed by atoms with E-state index in [0.717, 1.165) is 70.6 Å². The molecule has 0 aliphatic carbocycles. The molecule has 0 heterocycles. The largest absolute Gasteiger partial charge is 0.462 e. The van der Waals surface area contributed by atoms with E-state index in [-0.39, 0.29) is 24.9 Å². The summed E-state index contributed by atoms with van der Waals surface area (Å²) in [5.74, 6) is -0.547. The molecule has 0 aliphatic heterocycles. The number of allylic oxidation sites excluding steroid dienone is 8. The number of ether oxygens (including phenoxy) is 1.